The smallest absolute Gasteiger partial charge is 0.269 e. The Morgan fingerprint density at radius 1 is 1.07 bits per heavy atom. The zero-order valence-corrected chi connectivity index (χ0v) is 9.35. The van der Waals surface area contributed by atoms with Gasteiger partial charge in [-0.15, -0.1) is 0 Å². The van der Waals surface area contributed by atoms with E-state index in [0.29, 0.717) is 0 Å². The van der Waals surface area contributed by atoms with Gasteiger partial charge in [0, 0.05) is 0 Å². The van der Waals surface area contributed by atoms with Gasteiger partial charge in [0.15, 0.2) is 0 Å². The van der Waals surface area contributed by atoms with E-state index >= 15 is 0 Å². The highest BCUT2D eigenvalue weighted by Crippen LogP contribution is 2.15. The van der Waals surface area contributed by atoms with Crippen LogP contribution in [0.3, 0.4) is 0 Å². The molecule has 0 aromatic rings. The molecule has 5 heteroatoms. The maximum absolute atomic E-state index is 10.7. The lowest BCUT2D eigenvalue weighted by Gasteiger charge is -2.09. The van der Waals surface area contributed by atoms with Crippen molar-refractivity contribution in [3.8, 4) is 0 Å². The predicted octanol–water partition coefficient (Wildman–Crippen LogP) is 2.06. The van der Waals surface area contributed by atoms with E-state index in [2.05, 4.69) is 9.44 Å². The third kappa shape index (κ3) is 5.21. The Kier molecular flexibility index (Phi) is 4.38. The van der Waals surface area contributed by atoms with E-state index in [0.717, 1.165) is 37.7 Å². The number of rotatable bonds is 2. The maximum Gasteiger partial charge on any atom is 0.325 e. The van der Waals surface area contributed by atoms with Crippen LogP contribution in [0.1, 0.15) is 44.9 Å². The van der Waals surface area contributed by atoms with Gasteiger partial charge in [0.05, 0.1) is 12.0 Å². The Morgan fingerprint density at radius 3 is 2.07 bits per heavy atom. The number of hydrogen-bond acceptors (Lipinski definition) is 4. The minimum absolute atomic E-state index is 0.871. The van der Waals surface area contributed by atoms with Crippen LogP contribution in [0.25, 0.3) is 0 Å². The van der Waals surface area contributed by atoms with Crippen molar-refractivity contribution in [1.82, 2.24) is 0 Å². The second-order valence-corrected chi connectivity index (χ2v) is 5.26. The molecule has 0 saturated heterocycles. The standard InChI is InChI=1S/C9H17NO3S/c1-14(11,12)13-10-9-7-5-3-2-4-6-8-9/h2-8H2,1H3. The SMILES string of the molecule is CS(=O)(=O)ON=C1CCCCCCC1. The highest BCUT2D eigenvalue weighted by molar-refractivity contribution is 7.85. The molecular weight excluding hydrogens is 202 g/mol. The molecule has 0 amide bonds. The van der Waals surface area contributed by atoms with Gasteiger partial charge in [-0.3, -0.25) is 4.28 Å². The third-order valence-corrected chi connectivity index (χ3v) is 2.58. The first-order valence-corrected chi connectivity index (χ1v) is 6.84. The number of hydrogen-bond donors (Lipinski definition) is 0. The van der Waals surface area contributed by atoms with Crippen molar-refractivity contribution < 1.29 is 12.7 Å². The maximum atomic E-state index is 10.7. The third-order valence-electron chi connectivity index (χ3n) is 2.23. The first-order valence-electron chi connectivity index (χ1n) is 5.02. The quantitative estimate of drug-likeness (QED) is 0.668. The van der Waals surface area contributed by atoms with Crippen LogP contribution >= 0.6 is 0 Å². The highest BCUT2D eigenvalue weighted by Gasteiger charge is 2.07. The second-order valence-electron chi connectivity index (χ2n) is 3.70. The first-order chi connectivity index (χ1) is 6.58. The molecule has 1 aliphatic carbocycles. The lowest BCUT2D eigenvalue weighted by molar-refractivity contribution is 0.339. The lowest BCUT2D eigenvalue weighted by Crippen LogP contribution is -2.05. The van der Waals surface area contributed by atoms with Crippen LogP contribution in [0.15, 0.2) is 5.16 Å². The monoisotopic (exact) mass is 219 g/mol. The van der Waals surface area contributed by atoms with Crippen LogP contribution < -0.4 is 0 Å². The van der Waals surface area contributed by atoms with Gasteiger partial charge in [-0.05, 0) is 25.7 Å². The average molecular weight is 219 g/mol. The molecule has 1 aliphatic rings. The van der Waals surface area contributed by atoms with E-state index in [1.54, 1.807) is 0 Å². The van der Waals surface area contributed by atoms with E-state index < -0.39 is 10.1 Å². The molecule has 14 heavy (non-hydrogen) atoms. The van der Waals surface area contributed by atoms with Crippen LogP contribution in [0.2, 0.25) is 0 Å². The minimum atomic E-state index is -3.43. The fraction of sp³-hybridized carbons (Fsp3) is 0.889. The summed E-state index contributed by atoms with van der Waals surface area (Å²) in [6.07, 6.45) is 8.62. The predicted molar refractivity (Wildman–Crippen MR) is 55.7 cm³/mol. The van der Waals surface area contributed by atoms with Crippen LogP contribution in [-0.2, 0) is 14.4 Å². The summed E-state index contributed by atoms with van der Waals surface area (Å²) in [6, 6.07) is 0. The Balaban J connectivity index is 2.47. The van der Waals surface area contributed by atoms with Gasteiger partial charge in [0.25, 0.3) is 0 Å². The molecule has 0 bridgehead atoms. The molecule has 0 spiro atoms. The molecule has 0 radical (unpaired) electrons. The highest BCUT2D eigenvalue weighted by atomic mass is 32.2. The van der Waals surface area contributed by atoms with Gasteiger partial charge in [-0.25, -0.2) is 0 Å². The van der Waals surface area contributed by atoms with Crippen molar-refractivity contribution in [2.75, 3.05) is 6.26 Å². The molecule has 1 fully saturated rings. The topological polar surface area (TPSA) is 55.7 Å². The van der Waals surface area contributed by atoms with Crippen molar-refractivity contribution in [3.63, 3.8) is 0 Å². The van der Waals surface area contributed by atoms with Crippen LogP contribution in [0.5, 0.6) is 0 Å². The summed E-state index contributed by atoms with van der Waals surface area (Å²) in [5, 5.41) is 3.68. The van der Waals surface area contributed by atoms with E-state index in [9.17, 15) is 8.42 Å². The minimum Gasteiger partial charge on any atom is -0.269 e. The van der Waals surface area contributed by atoms with E-state index in [1.165, 1.54) is 19.3 Å². The van der Waals surface area contributed by atoms with Crippen molar-refractivity contribution >= 4 is 15.8 Å². The Morgan fingerprint density at radius 2 is 1.57 bits per heavy atom. The van der Waals surface area contributed by atoms with E-state index in [1.807, 2.05) is 0 Å². The van der Waals surface area contributed by atoms with Gasteiger partial charge in [0.1, 0.15) is 0 Å². The zero-order chi connectivity index (χ0) is 10.4. The van der Waals surface area contributed by atoms with Crippen LogP contribution in [-0.4, -0.2) is 20.4 Å². The first kappa shape index (κ1) is 11.5. The Bertz CT molecular complexity index is 285. The Hall–Kier alpha value is -0.580. The van der Waals surface area contributed by atoms with Gasteiger partial charge in [-0.2, -0.15) is 8.42 Å². The molecule has 1 rings (SSSR count). The molecule has 0 aliphatic heterocycles. The molecule has 0 unspecified atom stereocenters. The summed E-state index contributed by atoms with van der Waals surface area (Å²) in [5.41, 5.74) is 0.884. The number of oxime groups is 1. The molecule has 1 saturated carbocycles. The van der Waals surface area contributed by atoms with Crippen molar-refractivity contribution in [2.45, 2.75) is 44.9 Å². The fourth-order valence-corrected chi connectivity index (χ4v) is 1.77. The molecule has 0 N–H and O–H groups in total. The van der Waals surface area contributed by atoms with Gasteiger partial charge in [0.2, 0.25) is 0 Å². The van der Waals surface area contributed by atoms with Crippen molar-refractivity contribution in [3.05, 3.63) is 0 Å². The summed E-state index contributed by atoms with van der Waals surface area (Å²) in [7, 11) is -3.43. The normalized spacial score (nSPS) is 19.6. The Labute approximate surface area is 85.5 Å². The van der Waals surface area contributed by atoms with Crippen molar-refractivity contribution in [1.29, 1.82) is 0 Å². The summed E-state index contributed by atoms with van der Waals surface area (Å²) >= 11 is 0. The van der Waals surface area contributed by atoms with Crippen LogP contribution in [0.4, 0.5) is 0 Å². The molecule has 82 valence electrons. The summed E-state index contributed by atoms with van der Waals surface area (Å²) in [4.78, 5) is 0. The van der Waals surface area contributed by atoms with Gasteiger partial charge >= 0.3 is 10.1 Å². The summed E-state index contributed by atoms with van der Waals surface area (Å²) in [6.45, 7) is 0. The summed E-state index contributed by atoms with van der Waals surface area (Å²) in [5.74, 6) is 0. The molecule has 0 heterocycles. The van der Waals surface area contributed by atoms with E-state index in [-0.39, 0.29) is 0 Å². The number of nitrogens with zero attached hydrogens (tertiary/aromatic N) is 1. The van der Waals surface area contributed by atoms with Gasteiger partial charge in [-0.1, -0.05) is 24.4 Å². The van der Waals surface area contributed by atoms with E-state index in [4.69, 9.17) is 0 Å². The van der Waals surface area contributed by atoms with Crippen molar-refractivity contribution in [2.24, 2.45) is 5.16 Å². The fourth-order valence-electron chi connectivity index (χ4n) is 1.53. The van der Waals surface area contributed by atoms with Gasteiger partial charge < -0.3 is 0 Å². The average Bonchev–Trinajstić information content (AvgIpc) is 2.00. The lowest BCUT2D eigenvalue weighted by atomic mass is 9.99. The summed E-state index contributed by atoms with van der Waals surface area (Å²) < 4.78 is 25.8. The molecule has 0 aromatic carbocycles. The molecule has 0 aromatic heterocycles. The zero-order valence-electron chi connectivity index (χ0n) is 8.53. The molecule has 4 nitrogen and oxygen atoms in total. The molecular formula is C9H17NO3S. The largest absolute Gasteiger partial charge is 0.325 e. The second kappa shape index (κ2) is 5.34. The molecule has 0 atom stereocenters. The van der Waals surface area contributed by atoms with Crippen LogP contribution in [0, 0.1) is 0 Å².